The molecule has 0 aliphatic rings. The third-order valence-corrected chi connectivity index (χ3v) is 6.33. The van der Waals surface area contributed by atoms with Gasteiger partial charge in [-0.3, -0.25) is 4.79 Å². The van der Waals surface area contributed by atoms with Crippen LogP contribution in [0.4, 0.5) is 5.69 Å². The number of rotatable bonds is 6. The molecule has 2 rings (SSSR count). The first-order valence-corrected chi connectivity index (χ1v) is 10.9. The quantitative estimate of drug-likeness (QED) is 0.706. The Kier molecular flexibility index (Phi) is 7.05. The number of carbonyl (C=O) groups excluding carboxylic acids is 2. The highest BCUT2D eigenvalue weighted by Crippen LogP contribution is 2.23. The highest BCUT2D eigenvalue weighted by Gasteiger charge is 2.22. The molecule has 1 atom stereocenters. The second kappa shape index (κ2) is 8.97. The molecule has 0 saturated carbocycles. The molecule has 8 heteroatoms. The number of ether oxygens (including phenoxy) is 1. The highest BCUT2D eigenvalue weighted by molar-refractivity contribution is 7.89. The summed E-state index contributed by atoms with van der Waals surface area (Å²) in [5, 5.41) is 2.71. The fourth-order valence-electron chi connectivity index (χ4n) is 2.57. The molecule has 0 aliphatic heterocycles. The molecule has 30 heavy (non-hydrogen) atoms. The van der Waals surface area contributed by atoms with Crippen LogP contribution in [0.15, 0.2) is 53.4 Å². The Hall–Kier alpha value is -2.71. The highest BCUT2D eigenvalue weighted by atomic mass is 32.2. The number of nitrogens with zero attached hydrogens (tertiary/aromatic N) is 1. The van der Waals surface area contributed by atoms with Gasteiger partial charge in [-0.25, -0.2) is 17.5 Å². The summed E-state index contributed by atoms with van der Waals surface area (Å²) >= 11 is 0. The minimum absolute atomic E-state index is 0.0000390. The lowest BCUT2D eigenvalue weighted by Crippen LogP contribution is -2.30. The van der Waals surface area contributed by atoms with E-state index in [9.17, 15) is 18.0 Å². The van der Waals surface area contributed by atoms with Gasteiger partial charge in [-0.05, 0) is 48.2 Å². The molecule has 0 bridgehead atoms. The van der Waals surface area contributed by atoms with Gasteiger partial charge in [-0.2, -0.15) is 0 Å². The second-order valence-electron chi connectivity index (χ2n) is 8.18. The van der Waals surface area contributed by atoms with Crippen LogP contribution in [0.1, 0.15) is 43.6 Å². The zero-order valence-electron chi connectivity index (χ0n) is 18.1. The lowest BCUT2D eigenvalue weighted by atomic mass is 9.87. The van der Waals surface area contributed by atoms with Crippen molar-refractivity contribution in [3.63, 3.8) is 0 Å². The van der Waals surface area contributed by atoms with Crippen molar-refractivity contribution in [2.24, 2.45) is 0 Å². The lowest BCUT2D eigenvalue weighted by Gasteiger charge is -2.19. The Bertz CT molecular complexity index is 1020. The Morgan fingerprint density at radius 2 is 1.63 bits per heavy atom. The normalized spacial score (nSPS) is 13.0. The first-order valence-electron chi connectivity index (χ1n) is 9.47. The summed E-state index contributed by atoms with van der Waals surface area (Å²) in [5.41, 5.74) is 1.77. The summed E-state index contributed by atoms with van der Waals surface area (Å²) in [4.78, 5) is 24.8. The van der Waals surface area contributed by atoms with E-state index in [2.05, 4.69) is 26.1 Å². The van der Waals surface area contributed by atoms with Crippen LogP contribution in [0.2, 0.25) is 0 Å². The van der Waals surface area contributed by atoms with Crippen LogP contribution in [-0.4, -0.2) is 44.8 Å². The van der Waals surface area contributed by atoms with E-state index in [-0.39, 0.29) is 15.9 Å². The van der Waals surface area contributed by atoms with Crippen LogP contribution in [0.3, 0.4) is 0 Å². The van der Waals surface area contributed by atoms with Crippen molar-refractivity contribution in [1.82, 2.24) is 4.31 Å². The molecule has 2 aromatic rings. The van der Waals surface area contributed by atoms with Crippen molar-refractivity contribution in [1.29, 1.82) is 0 Å². The van der Waals surface area contributed by atoms with Gasteiger partial charge in [0, 0.05) is 19.8 Å². The topological polar surface area (TPSA) is 92.8 Å². The fraction of sp³-hybridized carbons (Fsp3) is 0.364. The standard InChI is InChI=1S/C22H28N2O5S/c1-15(20(25)23-18-12-10-17(11-13-18)22(2,3)4)29-21(26)16-8-7-9-19(14-16)30(27,28)24(5)6/h7-15H,1-6H3,(H,23,25). The average Bonchev–Trinajstić information content (AvgIpc) is 2.67. The molecular formula is C22H28N2O5S. The summed E-state index contributed by atoms with van der Waals surface area (Å²) in [6.45, 7) is 7.75. The van der Waals surface area contributed by atoms with Gasteiger partial charge in [0.15, 0.2) is 6.10 Å². The maximum atomic E-state index is 12.4. The summed E-state index contributed by atoms with van der Waals surface area (Å²) < 4.78 is 30.7. The van der Waals surface area contributed by atoms with Crippen molar-refractivity contribution < 1.29 is 22.7 Å². The van der Waals surface area contributed by atoms with Crippen LogP contribution in [0, 0.1) is 0 Å². The molecular weight excluding hydrogens is 404 g/mol. The molecule has 0 saturated heterocycles. The Balaban J connectivity index is 2.06. The number of hydrogen-bond acceptors (Lipinski definition) is 5. The van der Waals surface area contributed by atoms with Gasteiger partial charge in [0.05, 0.1) is 10.5 Å². The minimum Gasteiger partial charge on any atom is -0.449 e. The summed E-state index contributed by atoms with van der Waals surface area (Å²) in [7, 11) is -0.879. The molecule has 1 unspecified atom stereocenters. The van der Waals surface area contributed by atoms with Crippen LogP contribution in [-0.2, 0) is 25.0 Å². The van der Waals surface area contributed by atoms with Crippen molar-refractivity contribution >= 4 is 27.6 Å². The average molecular weight is 433 g/mol. The number of sulfonamides is 1. The van der Waals surface area contributed by atoms with Crippen molar-refractivity contribution in [3.05, 3.63) is 59.7 Å². The van der Waals surface area contributed by atoms with Gasteiger partial charge in [0.1, 0.15) is 0 Å². The third kappa shape index (κ3) is 5.67. The SMILES string of the molecule is CC(OC(=O)c1cccc(S(=O)(=O)N(C)C)c1)C(=O)Nc1ccc(C(C)(C)C)cc1. The number of carbonyl (C=O) groups is 2. The Morgan fingerprint density at radius 3 is 2.17 bits per heavy atom. The zero-order chi connectivity index (χ0) is 22.7. The van der Waals surface area contributed by atoms with Gasteiger partial charge in [-0.15, -0.1) is 0 Å². The molecule has 1 N–H and O–H groups in total. The first kappa shape index (κ1) is 23.6. The molecule has 2 aromatic carbocycles. The van der Waals surface area contributed by atoms with Crippen LogP contribution < -0.4 is 5.32 Å². The molecule has 0 radical (unpaired) electrons. The first-order chi connectivity index (χ1) is 13.8. The molecule has 0 fully saturated rings. The number of nitrogens with one attached hydrogen (secondary N) is 1. The van der Waals surface area contributed by atoms with Crippen molar-refractivity contribution in [2.75, 3.05) is 19.4 Å². The number of anilines is 1. The van der Waals surface area contributed by atoms with Gasteiger partial charge in [-0.1, -0.05) is 39.0 Å². The monoisotopic (exact) mass is 432 g/mol. The third-order valence-electron chi connectivity index (χ3n) is 4.52. The Labute approximate surface area is 178 Å². The second-order valence-corrected chi connectivity index (χ2v) is 10.3. The minimum atomic E-state index is -3.69. The molecule has 162 valence electrons. The molecule has 7 nitrogen and oxygen atoms in total. The van der Waals surface area contributed by atoms with Crippen LogP contribution in [0.25, 0.3) is 0 Å². The number of hydrogen-bond donors (Lipinski definition) is 1. The number of esters is 1. The van der Waals surface area contributed by atoms with Gasteiger partial charge >= 0.3 is 5.97 Å². The van der Waals surface area contributed by atoms with E-state index in [1.165, 1.54) is 45.3 Å². The van der Waals surface area contributed by atoms with Gasteiger partial charge < -0.3 is 10.1 Å². The predicted molar refractivity (Wildman–Crippen MR) is 116 cm³/mol. The van der Waals surface area contributed by atoms with E-state index in [0.29, 0.717) is 5.69 Å². The van der Waals surface area contributed by atoms with Gasteiger partial charge in [0.2, 0.25) is 10.0 Å². The maximum Gasteiger partial charge on any atom is 0.338 e. The molecule has 0 aliphatic carbocycles. The molecule has 0 heterocycles. The van der Waals surface area contributed by atoms with E-state index in [1.54, 1.807) is 12.1 Å². The number of benzene rings is 2. The van der Waals surface area contributed by atoms with E-state index in [4.69, 9.17) is 4.74 Å². The smallest absolute Gasteiger partial charge is 0.338 e. The zero-order valence-corrected chi connectivity index (χ0v) is 18.9. The summed E-state index contributed by atoms with van der Waals surface area (Å²) in [6.07, 6.45) is -1.06. The molecule has 0 spiro atoms. The molecule has 1 amide bonds. The summed E-state index contributed by atoms with van der Waals surface area (Å²) in [5.74, 6) is -1.26. The van der Waals surface area contributed by atoms with Gasteiger partial charge in [0.25, 0.3) is 5.91 Å². The largest absolute Gasteiger partial charge is 0.449 e. The van der Waals surface area contributed by atoms with E-state index < -0.39 is 28.0 Å². The van der Waals surface area contributed by atoms with Crippen LogP contribution >= 0.6 is 0 Å². The van der Waals surface area contributed by atoms with Crippen molar-refractivity contribution in [2.45, 2.75) is 44.1 Å². The van der Waals surface area contributed by atoms with E-state index >= 15 is 0 Å². The fourth-order valence-corrected chi connectivity index (χ4v) is 3.52. The Morgan fingerprint density at radius 1 is 1.03 bits per heavy atom. The summed E-state index contributed by atoms with van der Waals surface area (Å²) in [6, 6.07) is 13.0. The predicted octanol–water partition coefficient (Wildman–Crippen LogP) is 3.42. The van der Waals surface area contributed by atoms with E-state index in [0.717, 1.165) is 9.87 Å². The van der Waals surface area contributed by atoms with Crippen molar-refractivity contribution in [3.8, 4) is 0 Å². The van der Waals surface area contributed by atoms with E-state index in [1.807, 2.05) is 12.1 Å². The van der Waals surface area contributed by atoms with Crippen LogP contribution in [0.5, 0.6) is 0 Å². The number of amides is 1. The maximum absolute atomic E-state index is 12.4. The molecule has 0 aromatic heterocycles. The lowest BCUT2D eigenvalue weighted by molar-refractivity contribution is -0.123.